The van der Waals surface area contributed by atoms with Crippen LogP contribution in [-0.2, 0) is 9.53 Å². The molecule has 0 radical (unpaired) electrons. The van der Waals surface area contributed by atoms with Gasteiger partial charge in [-0.1, -0.05) is 60.7 Å². The maximum absolute atomic E-state index is 11.6. The first kappa shape index (κ1) is 12.0. The number of carbonyl (C=O) groups is 1. The van der Waals surface area contributed by atoms with Crippen molar-refractivity contribution in [1.82, 2.24) is 0 Å². The monoisotopic (exact) mass is 252 g/mol. The summed E-state index contributed by atoms with van der Waals surface area (Å²) in [6, 6.07) is 20.3. The average Bonchev–Trinajstić information content (AvgIpc) is 2.49. The topological polar surface area (TPSA) is 26.3 Å². The number of cyclic esters (lactones) is 1. The van der Waals surface area contributed by atoms with Crippen LogP contribution in [0.25, 0.3) is 0 Å². The Balaban J connectivity index is 1.95. The third-order valence-corrected chi connectivity index (χ3v) is 3.64. The van der Waals surface area contributed by atoms with Gasteiger partial charge in [-0.2, -0.15) is 0 Å². The summed E-state index contributed by atoms with van der Waals surface area (Å²) in [7, 11) is 0. The van der Waals surface area contributed by atoms with Gasteiger partial charge in [0.2, 0.25) is 0 Å². The van der Waals surface area contributed by atoms with Gasteiger partial charge in [-0.05, 0) is 17.5 Å². The Hall–Kier alpha value is -2.09. The molecule has 0 spiro atoms. The Labute approximate surface area is 113 Å². The molecule has 0 aromatic heterocycles. The molecule has 96 valence electrons. The van der Waals surface area contributed by atoms with Gasteiger partial charge in [-0.15, -0.1) is 0 Å². The van der Waals surface area contributed by atoms with E-state index in [2.05, 4.69) is 12.1 Å². The van der Waals surface area contributed by atoms with Crippen molar-refractivity contribution in [1.29, 1.82) is 0 Å². The minimum absolute atomic E-state index is 0.0963. The van der Waals surface area contributed by atoms with Crippen LogP contribution in [-0.4, -0.2) is 5.97 Å². The molecule has 0 unspecified atom stereocenters. The van der Waals surface area contributed by atoms with Crippen molar-refractivity contribution in [3.8, 4) is 0 Å². The van der Waals surface area contributed by atoms with Crippen molar-refractivity contribution in [2.75, 3.05) is 0 Å². The molecule has 1 aliphatic heterocycles. The number of hydrogen-bond acceptors (Lipinski definition) is 2. The zero-order valence-corrected chi connectivity index (χ0v) is 10.7. The van der Waals surface area contributed by atoms with Crippen LogP contribution in [0.2, 0.25) is 0 Å². The summed E-state index contributed by atoms with van der Waals surface area (Å²) in [5, 5.41) is 0. The van der Waals surface area contributed by atoms with Gasteiger partial charge in [0.25, 0.3) is 0 Å². The van der Waals surface area contributed by atoms with Crippen molar-refractivity contribution < 1.29 is 9.53 Å². The Kier molecular flexibility index (Phi) is 3.32. The highest BCUT2D eigenvalue weighted by atomic mass is 16.5. The summed E-state index contributed by atoms with van der Waals surface area (Å²) >= 11 is 0. The highest BCUT2D eigenvalue weighted by Crippen LogP contribution is 2.40. The van der Waals surface area contributed by atoms with Crippen molar-refractivity contribution in [2.24, 2.45) is 0 Å². The fraction of sp³-hybridized carbons (Fsp3) is 0.235. The lowest BCUT2D eigenvalue weighted by Crippen LogP contribution is -2.24. The summed E-state index contributed by atoms with van der Waals surface area (Å²) in [6.07, 6.45) is 1.19. The molecule has 0 saturated carbocycles. The molecule has 3 rings (SSSR count). The number of ether oxygens (including phenoxy) is 1. The molecule has 0 bridgehead atoms. The lowest BCUT2D eigenvalue weighted by atomic mass is 9.84. The number of esters is 1. The summed E-state index contributed by atoms with van der Waals surface area (Å²) in [5.74, 6) is 0.155. The van der Waals surface area contributed by atoms with Gasteiger partial charge < -0.3 is 4.74 Å². The van der Waals surface area contributed by atoms with Crippen molar-refractivity contribution in [3.05, 3.63) is 71.8 Å². The molecule has 2 heteroatoms. The molecule has 0 aliphatic carbocycles. The first-order chi connectivity index (χ1) is 9.34. The van der Waals surface area contributed by atoms with Crippen molar-refractivity contribution in [2.45, 2.75) is 24.9 Å². The maximum atomic E-state index is 11.6. The molecule has 1 fully saturated rings. The molecule has 0 amide bonds. The van der Waals surface area contributed by atoms with Crippen LogP contribution in [0.5, 0.6) is 0 Å². The molecule has 1 saturated heterocycles. The zero-order chi connectivity index (χ0) is 13.1. The van der Waals surface area contributed by atoms with E-state index >= 15 is 0 Å². The van der Waals surface area contributed by atoms with Gasteiger partial charge in [0.15, 0.2) is 0 Å². The van der Waals surface area contributed by atoms with Gasteiger partial charge in [0.05, 0.1) is 0 Å². The van der Waals surface area contributed by atoms with E-state index in [1.165, 1.54) is 5.56 Å². The Morgan fingerprint density at radius 2 is 1.42 bits per heavy atom. The molecule has 2 aromatic carbocycles. The van der Waals surface area contributed by atoms with Crippen LogP contribution >= 0.6 is 0 Å². The fourth-order valence-corrected chi connectivity index (χ4v) is 2.69. The normalized spacial score (nSPS) is 22.8. The third-order valence-electron chi connectivity index (χ3n) is 3.64. The number of benzene rings is 2. The van der Waals surface area contributed by atoms with Gasteiger partial charge in [0, 0.05) is 12.3 Å². The van der Waals surface area contributed by atoms with E-state index in [1.54, 1.807) is 0 Å². The highest BCUT2D eigenvalue weighted by molar-refractivity contribution is 5.71. The molecule has 2 nitrogen and oxygen atoms in total. The number of carbonyl (C=O) groups excluding carboxylic acids is 1. The largest absolute Gasteiger partial charge is 0.457 e. The van der Waals surface area contributed by atoms with E-state index in [9.17, 15) is 4.79 Å². The minimum atomic E-state index is -0.162. The number of rotatable bonds is 2. The van der Waals surface area contributed by atoms with E-state index < -0.39 is 0 Å². The third kappa shape index (κ3) is 2.53. The van der Waals surface area contributed by atoms with Crippen LogP contribution in [0.4, 0.5) is 0 Å². The molecule has 2 aromatic rings. The number of hydrogen-bond donors (Lipinski definition) is 0. The predicted molar refractivity (Wildman–Crippen MR) is 73.7 cm³/mol. The molecular weight excluding hydrogens is 236 g/mol. The van der Waals surface area contributed by atoms with Gasteiger partial charge in [-0.3, -0.25) is 4.79 Å². The van der Waals surface area contributed by atoms with Gasteiger partial charge >= 0.3 is 5.97 Å². The highest BCUT2D eigenvalue weighted by Gasteiger charge is 2.32. The first-order valence-electron chi connectivity index (χ1n) is 6.64. The van der Waals surface area contributed by atoms with E-state index in [4.69, 9.17) is 4.74 Å². The minimum Gasteiger partial charge on any atom is -0.457 e. The van der Waals surface area contributed by atoms with E-state index in [-0.39, 0.29) is 18.0 Å². The zero-order valence-electron chi connectivity index (χ0n) is 10.7. The van der Waals surface area contributed by atoms with Crippen LogP contribution < -0.4 is 0 Å². The fourth-order valence-electron chi connectivity index (χ4n) is 2.69. The van der Waals surface area contributed by atoms with Crippen molar-refractivity contribution >= 4 is 5.97 Å². The second-order valence-corrected chi connectivity index (χ2v) is 4.88. The summed E-state index contributed by atoms with van der Waals surface area (Å²) in [4.78, 5) is 11.6. The van der Waals surface area contributed by atoms with E-state index in [1.807, 2.05) is 48.5 Å². The SMILES string of the molecule is O=C1CC[C@H](c2ccccc2)[C@H](c2ccccc2)O1. The van der Waals surface area contributed by atoms with E-state index in [0.29, 0.717) is 6.42 Å². The summed E-state index contributed by atoms with van der Waals surface area (Å²) in [5.41, 5.74) is 2.31. The molecule has 0 N–H and O–H groups in total. The lowest BCUT2D eigenvalue weighted by molar-refractivity contribution is -0.155. The lowest BCUT2D eigenvalue weighted by Gasteiger charge is -2.31. The molecule has 19 heavy (non-hydrogen) atoms. The molecule has 1 heterocycles. The average molecular weight is 252 g/mol. The van der Waals surface area contributed by atoms with Crippen LogP contribution in [0.3, 0.4) is 0 Å². The Morgan fingerprint density at radius 1 is 0.842 bits per heavy atom. The smallest absolute Gasteiger partial charge is 0.306 e. The Morgan fingerprint density at radius 3 is 2.05 bits per heavy atom. The van der Waals surface area contributed by atoms with Crippen LogP contribution in [0.1, 0.15) is 36.0 Å². The quantitative estimate of drug-likeness (QED) is 0.759. The predicted octanol–water partition coefficient (Wildman–Crippen LogP) is 3.85. The van der Waals surface area contributed by atoms with Gasteiger partial charge in [-0.25, -0.2) is 0 Å². The maximum Gasteiger partial charge on any atom is 0.306 e. The standard InChI is InChI=1S/C17H16O2/c18-16-12-11-15(13-7-3-1-4-8-13)17(19-16)14-9-5-2-6-10-14/h1-10,15,17H,11-12H2/t15-,17+/m1/s1. The summed E-state index contributed by atoms with van der Waals surface area (Å²) < 4.78 is 5.60. The molecular formula is C17H16O2. The second-order valence-electron chi connectivity index (χ2n) is 4.88. The molecule has 1 aliphatic rings. The van der Waals surface area contributed by atoms with Crippen LogP contribution in [0, 0.1) is 0 Å². The van der Waals surface area contributed by atoms with Crippen molar-refractivity contribution in [3.63, 3.8) is 0 Å². The first-order valence-corrected chi connectivity index (χ1v) is 6.64. The Bertz CT molecular complexity index is 548. The van der Waals surface area contributed by atoms with Crippen LogP contribution in [0.15, 0.2) is 60.7 Å². The van der Waals surface area contributed by atoms with Gasteiger partial charge in [0.1, 0.15) is 6.10 Å². The second kappa shape index (κ2) is 5.27. The van der Waals surface area contributed by atoms with E-state index in [0.717, 1.165) is 12.0 Å². The molecule has 2 atom stereocenters. The summed E-state index contributed by atoms with van der Waals surface area (Å²) in [6.45, 7) is 0.